The third-order valence-electron chi connectivity index (χ3n) is 3.78. The van der Waals surface area contributed by atoms with E-state index in [-0.39, 0.29) is 6.54 Å². The molecule has 0 aromatic heterocycles. The van der Waals surface area contributed by atoms with E-state index in [0.29, 0.717) is 5.56 Å². The van der Waals surface area contributed by atoms with Crippen LogP contribution < -0.4 is 16.4 Å². The highest BCUT2D eigenvalue weighted by atomic mass is 16.3. The van der Waals surface area contributed by atoms with Crippen LogP contribution in [0.2, 0.25) is 0 Å². The zero-order chi connectivity index (χ0) is 18.7. The van der Waals surface area contributed by atoms with Gasteiger partial charge in [-0.2, -0.15) is 0 Å². The molecule has 0 radical (unpaired) electrons. The zero-order valence-corrected chi connectivity index (χ0v) is 14.6. The smallest absolute Gasteiger partial charge is 0.251 e. The van der Waals surface area contributed by atoms with Crippen molar-refractivity contribution in [1.29, 1.82) is 0 Å². The van der Waals surface area contributed by atoms with E-state index in [0.717, 1.165) is 18.4 Å². The summed E-state index contributed by atoms with van der Waals surface area (Å²) in [5.41, 5.74) is 6.50. The maximum atomic E-state index is 12.2. The third kappa shape index (κ3) is 7.80. The van der Waals surface area contributed by atoms with Crippen molar-refractivity contribution in [1.82, 2.24) is 10.6 Å². The van der Waals surface area contributed by atoms with E-state index in [1.165, 1.54) is 19.3 Å². The Morgan fingerprint density at radius 2 is 1.80 bits per heavy atom. The van der Waals surface area contributed by atoms with Gasteiger partial charge in [0.1, 0.15) is 6.04 Å². The Bertz CT molecular complexity index is 572. The normalized spacial score (nSPS) is 11.6. The topological polar surface area (TPSA) is 122 Å². The van der Waals surface area contributed by atoms with Gasteiger partial charge in [0.2, 0.25) is 11.8 Å². The Labute approximate surface area is 148 Å². The summed E-state index contributed by atoms with van der Waals surface area (Å²) in [4.78, 5) is 34.6. The molecule has 1 rings (SSSR count). The molecule has 138 valence electrons. The summed E-state index contributed by atoms with van der Waals surface area (Å²) in [5, 5.41) is 13.9. The Morgan fingerprint density at radius 1 is 1.12 bits per heavy atom. The van der Waals surface area contributed by atoms with Crippen molar-refractivity contribution in [2.45, 2.75) is 45.1 Å². The number of hydrogen-bond donors (Lipinski definition) is 4. The molecule has 0 heterocycles. The van der Waals surface area contributed by atoms with Crippen molar-refractivity contribution in [3.63, 3.8) is 0 Å². The minimum absolute atomic E-state index is 0.349. The van der Waals surface area contributed by atoms with Crippen LogP contribution in [0.4, 0.5) is 0 Å². The summed E-state index contributed by atoms with van der Waals surface area (Å²) in [6.07, 6.45) is 5.69. The van der Waals surface area contributed by atoms with Gasteiger partial charge < -0.3 is 21.5 Å². The molecule has 1 aromatic rings. The first-order chi connectivity index (χ1) is 12.0. The number of aliphatic hydroxyl groups is 1. The molecule has 25 heavy (non-hydrogen) atoms. The molecule has 1 atom stereocenters. The molecule has 0 aliphatic heterocycles. The van der Waals surface area contributed by atoms with Crippen LogP contribution in [0.15, 0.2) is 24.3 Å². The van der Waals surface area contributed by atoms with Crippen LogP contribution in [0.3, 0.4) is 0 Å². The number of aliphatic hydroxyl groups excluding tert-OH is 1. The molecule has 7 heteroatoms. The first-order valence-electron chi connectivity index (χ1n) is 8.54. The van der Waals surface area contributed by atoms with Gasteiger partial charge >= 0.3 is 0 Å². The summed E-state index contributed by atoms with van der Waals surface area (Å²) in [7, 11) is 0. The number of aryl methyl sites for hydroxylation is 1. The van der Waals surface area contributed by atoms with Gasteiger partial charge in [0.25, 0.3) is 5.91 Å². The maximum absolute atomic E-state index is 12.2. The molecule has 1 aromatic carbocycles. The van der Waals surface area contributed by atoms with E-state index < -0.39 is 30.4 Å². The standard InChI is InChI=1S/C18H27N3O4/c1-2-3-4-5-6-13-7-9-14(10-8-13)17(24)21-15(12-22)18(25)20-11-16(19)23/h7-10,15,22H,2-6,11-12H2,1H3,(H2,19,23)(H,20,25)(H,21,24). The molecule has 0 saturated carbocycles. The van der Waals surface area contributed by atoms with Gasteiger partial charge in [-0.3, -0.25) is 14.4 Å². The number of primary amides is 1. The number of nitrogens with two attached hydrogens (primary N) is 1. The highest BCUT2D eigenvalue weighted by Gasteiger charge is 2.20. The van der Waals surface area contributed by atoms with Crippen molar-refractivity contribution in [2.24, 2.45) is 5.73 Å². The van der Waals surface area contributed by atoms with Gasteiger partial charge in [-0.05, 0) is 30.5 Å². The van der Waals surface area contributed by atoms with Crippen LogP contribution in [0, 0.1) is 0 Å². The number of rotatable bonds is 11. The highest BCUT2D eigenvalue weighted by Crippen LogP contribution is 2.10. The number of benzene rings is 1. The molecule has 3 amide bonds. The Balaban J connectivity index is 2.54. The van der Waals surface area contributed by atoms with Gasteiger partial charge in [0.05, 0.1) is 13.2 Å². The number of nitrogens with one attached hydrogen (secondary N) is 2. The molecule has 5 N–H and O–H groups in total. The van der Waals surface area contributed by atoms with Gasteiger partial charge in [0, 0.05) is 5.56 Å². The van der Waals surface area contributed by atoms with Crippen LogP contribution in [-0.4, -0.2) is 42.0 Å². The highest BCUT2D eigenvalue weighted by molar-refractivity contribution is 5.98. The predicted molar refractivity (Wildman–Crippen MR) is 94.8 cm³/mol. The van der Waals surface area contributed by atoms with E-state index in [1.807, 2.05) is 12.1 Å². The number of hydrogen-bond acceptors (Lipinski definition) is 4. The minimum atomic E-state index is -1.14. The second-order valence-electron chi connectivity index (χ2n) is 5.90. The Kier molecular flexibility index (Phi) is 9.24. The van der Waals surface area contributed by atoms with Crippen molar-refractivity contribution in [3.05, 3.63) is 35.4 Å². The van der Waals surface area contributed by atoms with Crippen LogP contribution in [0.5, 0.6) is 0 Å². The van der Waals surface area contributed by atoms with Gasteiger partial charge in [-0.15, -0.1) is 0 Å². The monoisotopic (exact) mass is 349 g/mol. The maximum Gasteiger partial charge on any atom is 0.251 e. The molecule has 0 fully saturated rings. The lowest BCUT2D eigenvalue weighted by Crippen LogP contribution is -2.50. The first kappa shape index (κ1) is 20.6. The quantitative estimate of drug-likeness (QED) is 0.435. The van der Waals surface area contributed by atoms with E-state index in [1.54, 1.807) is 12.1 Å². The lowest BCUT2D eigenvalue weighted by molar-refractivity contribution is -0.126. The molecule has 0 saturated heterocycles. The van der Waals surface area contributed by atoms with E-state index in [4.69, 9.17) is 5.73 Å². The molecule has 0 aliphatic carbocycles. The fourth-order valence-electron chi connectivity index (χ4n) is 2.31. The summed E-state index contributed by atoms with van der Waals surface area (Å²) in [5.74, 6) is -1.83. The van der Waals surface area contributed by atoms with Crippen molar-refractivity contribution in [2.75, 3.05) is 13.2 Å². The predicted octanol–water partition coefficient (Wildman–Crippen LogP) is 0.502. The molecule has 0 spiro atoms. The average Bonchev–Trinajstić information content (AvgIpc) is 2.61. The summed E-state index contributed by atoms with van der Waals surface area (Å²) < 4.78 is 0. The number of amides is 3. The van der Waals surface area contributed by atoms with Crippen LogP contribution in [-0.2, 0) is 16.0 Å². The molecule has 0 bridgehead atoms. The number of carbonyl (C=O) groups excluding carboxylic acids is 3. The van der Waals surface area contributed by atoms with Gasteiger partial charge in [-0.1, -0.05) is 38.3 Å². The summed E-state index contributed by atoms with van der Waals surface area (Å²) >= 11 is 0. The fraction of sp³-hybridized carbons (Fsp3) is 0.500. The largest absolute Gasteiger partial charge is 0.394 e. The molecule has 1 unspecified atom stereocenters. The Morgan fingerprint density at radius 3 is 2.36 bits per heavy atom. The second kappa shape index (κ2) is 11.2. The van der Waals surface area contributed by atoms with Gasteiger partial charge in [0.15, 0.2) is 0 Å². The lowest BCUT2D eigenvalue weighted by atomic mass is 10.0. The number of carbonyl (C=O) groups is 3. The van der Waals surface area contributed by atoms with Gasteiger partial charge in [-0.25, -0.2) is 0 Å². The fourth-order valence-corrected chi connectivity index (χ4v) is 2.31. The lowest BCUT2D eigenvalue weighted by Gasteiger charge is -2.15. The van der Waals surface area contributed by atoms with Crippen LogP contribution >= 0.6 is 0 Å². The second-order valence-corrected chi connectivity index (χ2v) is 5.90. The van der Waals surface area contributed by atoms with E-state index in [2.05, 4.69) is 17.6 Å². The number of unbranched alkanes of at least 4 members (excludes halogenated alkanes) is 3. The first-order valence-corrected chi connectivity index (χ1v) is 8.54. The summed E-state index contributed by atoms with van der Waals surface area (Å²) in [6, 6.07) is 6.03. The zero-order valence-electron chi connectivity index (χ0n) is 14.6. The van der Waals surface area contributed by atoms with Crippen molar-refractivity contribution < 1.29 is 19.5 Å². The summed E-state index contributed by atoms with van der Waals surface area (Å²) in [6.45, 7) is 1.24. The molecule has 0 aliphatic rings. The van der Waals surface area contributed by atoms with Crippen molar-refractivity contribution >= 4 is 17.7 Å². The average molecular weight is 349 g/mol. The minimum Gasteiger partial charge on any atom is -0.394 e. The van der Waals surface area contributed by atoms with Crippen LogP contribution in [0.25, 0.3) is 0 Å². The van der Waals surface area contributed by atoms with E-state index in [9.17, 15) is 19.5 Å². The van der Waals surface area contributed by atoms with Crippen LogP contribution in [0.1, 0.15) is 48.5 Å². The SMILES string of the molecule is CCCCCCc1ccc(C(=O)NC(CO)C(=O)NCC(N)=O)cc1. The molecular weight excluding hydrogens is 322 g/mol. The van der Waals surface area contributed by atoms with E-state index >= 15 is 0 Å². The molecular formula is C18H27N3O4. The third-order valence-corrected chi connectivity index (χ3v) is 3.78. The Hall–Kier alpha value is -2.41. The molecule has 7 nitrogen and oxygen atoms in total. The van der Waals surface area contributed by atoms with Crippen molar-refractivity contribution in [3.8, 4) is 0 Å².